The lowest BCUT2D eigenvalue weighted by atomic mass is 9.99. The molecule has 2 atom stereocenters. The Labute approximate surface area is 126 Å². The molecule has 1 heterocycles. The van der Waals surface area contributed by atoms with Crippen LogP contribution in [0, 0.1) is 5.92 Å². The van der Waals surface area contributed by atoms with Crippen LogP contribution >= 0.6 is 0 Å². The molecule has 1 aliphatic heterocycles. The standard InChI is InChI=1S/C15H26N2O4/c1-9(2)12(10(3)18)17-8-7-11(13(17)19)16-14(20)21-15(4,5)6/h9,11-12H,7-8H2,1-6H3,(H,16,20)/t11-,12-/m0/s1. The second-order valence-corrected chi connectivity index (χ2v) is 6.82. The van der Waals surface area contributed by atoms with Crippen LogP contribution < -0.4 is 5.32 Å². The quantitative estimate of drug-likeness (QED) is 0.857. The average Bonchev–Trinajstić information content (AvgIpc) is 2.58. The van der Waals surface area contributed by atoms with Crippen LogP contribution in [0.3, 0.4) is 0 Å². The zero-order valence-corrected chi connectivity index (χ0v) is 13.7. The number of likely N-dealkylation sites (tertiary alicyclic amines) is 1. The van der Waals surface area contributed by atoms with Gasteiger partial charge in [-0.2, -0.15) is 0 Å². The summed E-state index contributed by atoms with van der Waals surface area (Å²) in [5.74, 6) is -0.197. The highest BCUT2D eigenvalue weighted by Crippen LogP contribution is 2.20. The van der Waals surface area contributed by atoms with Crippen molar-refractivity contribution in [3.8, 4) is 0 Å². The predicted octanol–water partition coefficient (Wildman–Crippen LogP) is 1.73. The van der Waals surface area contributed by atoms with E-state index in [1.165, 1.54) is 6.92 Å². The van der Waals surface area contributed by atoms with E-state index in [0.717, 1.165) is 0 Å². The van der Waals surface area contributed by atoms with Gasteiger partial charge in [-0.15, -0.1) is 0 Å². The number of ether oxygens (including phenoxy) is 1. The monoisotopic (exact) mass is 298 g/mol. The van der Waals surface area contributed by atoms with E-state index in [2.05, 4.69) is 5.32 Å². The SMILES string of the molecule is CC(=O)[C@H](C(C)C)N1CC[C@H](NC(=O)OC(C)(C)C)C1=O. The lowest BCUT2D eigenvalue weighted by Crippen LogP contribution is -2.49. The molecular weight excluding hydrogens is 272 g/mol. The van der Waals surface area contributed by atoms with Crippen LogP contribution in [0.4, 0.5) is 4.79 Å². The van der Waals surface area contributed by atoms with Crippen LogP contribution in [0.2, 0.25) is 0 Å². The maximum Gasteiger partial charge on any atom is 0.408 e. The molecule has 1 fully saturated rings. The van der Waals surface area contributed by atoms with Crippen LogP contribution in [0.1, 0.15) is 48.0 Å². The second kappa shape index (κ2) is 6.45. The maximum absolute atomic E-state index is 12.4. The molecule has 0 spiro atoms. The third-order valence-corrected chi connectivity index (χ3v) is 3.31. The summed E-state index contributed by atoms with van der Waals surface area (Å²) in [7, 11) is 0. The van der Waals surface area contributed by atoms with Gasteiger partial charge >= 0.3 is 6.09 Å². The Balaban J connectivity index is 2.69. The minimum absolute atomic E-state index is 0.0312. The van der Waals surface area contributed by atoms with Gasteiger partial charge in [-0.05, 0) is 40.0 Å². The van der Waals surface area contributed by atoms with Gasteiger partial charge in [0.2, 0.25) is 5.91 Å². The molecule has 1 aliphatic rings. The van der Waals surface area contributed by atoms with E-state index in [9.17, 15) is 14.4 Å². The number of alkyl carbamates (subject to hydrolysis) is 1. The molecule has 0 radical (unpaired) electrons. The van der Waals surface area contributed by atoms with Crippen LogP contribution in [0.25, 0.3) is 0 Å². The van der Waals surface area contributed by atoms with E-state index in [1.807, 2.05) is 13.8 Å². The molecule has 0 aliphatic carbocycles. The van der Waals surface area contributed by atoms with Gasteiger partial charge in [0.1, 0.15) is 11.6 Å². The first kappa shape index (κ1) is 17.5. The van der Waals surface area contributed by atoms with Gasteiger partial charge in [-0.25, -0.2) is 4.79 Å². The molecule has 2 amide bonds. The molecule has 0 saturated carbocycles. The average molecular weight is 298 g/mol. The summed E-state index contributed by atoms with van der Waals surface area (Å²) in [6, 6.07) is -1.04. The Morgan fingerprint density at radius 3 is 2.33 bits per heavy atom. The summed E-state index contributed by atoms with van der Waals surface area (Å²) in [5.41, 5.74) is -0.606. The van der Waals surface area contributed by atoms with E-state index in [0.29, 0.717) is 13.0 Å². The van der Waals surface area contributed by atoms with Crippen molar-refractivity contribution in [3.05, 3.63) is 0 Å². The molecule has 0 aromatic rings. The number of rotatable bonds is 4. The molecule has 120 valence electrons. The van der Waals surface area contributed by atoms with Crippen LogP contribution in [-0.2, 0) is 14.3 Å². The van der Waals surface area contributed by atoms with Crippen molar-refractivity contribution < 1.29 is 19.1 Å². The number of nitrogens with zero attached hydrogens (tertiary/aromatic N) is 1. The van der Waals surface area contributed by atoms with E-state index in [-0.39, 0.29) is 17.6 Å². The minimum atomic E-state index is -0.611. The van der Waals surface area contributed by atoms with Gasteiger partial charge < -0.3 is 15.0 Å². The Morgan fingerprint density at radius 2 is 1.90 bits per heavy atom. The number of hydrogen-bond donors (Lipinski definition) is 1. The number of carbonyl (C=O) groups excluding carboxylic acids is 3. The van der Waals surface area contributed by atoms with Gasteiger partial charge in [0.05, 0.1) is 6.04 Å². The third-order valence-electron chi connectivity index (χ3n) is 3.31. The van der Waals surface area contributed by atoms with Crippen molar-refractivity contribution in [3.63, 3.8) is 0 Å². The molecule has 0 aromatic heterocycles. The lowest BCUT2D eigenvalue weighted by Gasteiger charge is -2.29. The summed E-state index contributed by atoms with van der Waals surface area (Å²) < 4.78 is 5.15. The van der Waals surface area contributed by atoms with Gasteiger partial charge in [0.15, 0.2) is 5.78 Å². The molecule has 0 bridgehead atoms. The number of nitrogens with one attached hydrogen (secondary N) is 1. The third kappa shape index (κ3) is 4.72. The highest BCUT2D eigenvalue weighted by molar-refractivity contribution is 5.92. The summed E-state index contributed by atoms with van der Waals surface area (Å²) in [6.07, 6.45) is -0.110. The van der Waals surface area contributed by atoms with E-state index in [4.69, 9.17) is 4.74 Å². The molecule has 0 aromatic carbocycles. The lowest BCUT2D eigenvalue weighted by molar-refractivity contribution is -0.138. The van der Waals surface area contributed by atoms with Crippen molar-refractivity contribution >= 4 is 17.8 Å². The van der Waals surface area contributed by atoms with Crippen LogP contribution in [-0.4, -0.2) is 46.9 Å². The zero-order valence-electron chi connectivity index (χ0n) is 13.7. The molecule has 6 heteroatoms. The van der Waals surface area contributed by atoms with E-state index in [1.54, 1.807) is 25.7 Å². The molecule has 1 saturated heterocycles. The summed E-state index contributed by atoms with van der Waals surface area (Å²) in [6.45, 7) is 11.1. The first-order chi connectivity index (χ1) is 9.53. The van der Waals surface area contributed by atoms with Crippen LogP contribution in [0.5, 0.6) is 0 Å². The predicted molar refractivity (Wildman–Crippen MR) is 78.8 cm³/mol. The smallest absolute Gasteiger partial charge is 0.408 e. The molecule has 6 nitrogen and oxygen atoms in total. The normalized spacial score (nSPS) is 20.6. The fourth-order valence-electron chi connectivity index (χ4n) is 2.61. The largest absolute Gasteiger partial charge is 0.444 e. The highest BCUT2D eigenvalue weighted by atomic mass is 16.6. The van der Waals surface area contributed by atoms with Crippen molar-refractivity contribution in [2.75, 3.05) is 6.54 Å². The fourth-order valence-corrected chi connectivity index (χ4v) is 2.61. The fraction of sp³-hybridized carbons (Fsp3) is 0.800. The molecule has 0 unspecified atom stereocenters. The van der Waals surface area contributed by atoms with Gasteiger partial charge in [-0.3, -0.25) is 9.59 Å². The number of amides is 2. The van der Waals surface area contributed by atoms with Crippen molar-refractivity contribution in [2.24, 2.45) is 5.92 Å². The van der Waals surface area contributed by atoms with E-state index >= 15 is 0 Å². The Hall–Kier alpha value is -1.59. The van der Waals surface area contributed by atoms with Crippen molar-refractivity contribution in [2.45, 2.75) is 65.6 Å². The minimum Gasteiger partial charge on any atom is -0.444 e. The van der Waals surface area contributed by atoms with Gasteiger partial charge in [0.25, 0.3) is 0 Å². The first-order valence-corrected chi connectivity index (χ1v) is 7.33. The molecular formula is C15H26N2O4. The number of Topliss-reactive ketones (excluding diaryl/α,β-unsaturated/α-hetero) is 1. The first-order valence-electron chi connectivity index (χ1n) is 7.33. The topological polar surface area (TPSA) is 75.7 Å². The maximum atomic E-state index is 12.4. The van der Waals surface area contributed by atoms with Crippen LogP contribution in [0.15, 0.2) is 0 Å². The van der Waals surface area contributed by atoms with Crippen molar-refractivity contribution in [1.29, 1.82) is 0 Å². The van der Waals surface area contributed by atoms with Gasteiger partial charge in [-0.1, -0.05) is 13.8 Å². The Kier molecular flexibility index (Phi) is 5.36. The summed E-state index contributed by atoms with van der Waals surface area (Å²) in [5, 5.41) is 2.58. The Morgan fingerprint density at radius 1 is 1.33 bits per heavy atom. The second-order valence-electron chi connectivity index (χ2n) is 6.82. The molecule has 21 heavy (non-hydrogen) atoms. The summed E-state index contributed by atoms with van der Waals surface area (Å²) >= 11 is 0. The van der Waals surface area contributed by atoms with E-state index < -0.39 is 23.8 Å². The Bertz CT molecular complexity index is 426. The number of hydrogen-bond acceptors (Lipinski definition) is 4. The number of ketones is 1. The summed E-state index contributed by atoms with van der Waals surface area (Å²) in [4.78, 5) is 37.4. The van der Waals surface area contributed by atoms with Gasteiger partial charge in [0, 0.05) is 6.54 Å². The molecule has 1 N–H and O–H groups in total. The molecule has 1 rings (SSSR count). The number of carbonyl (C=O) groups is 3. The van der Waals surface area contributed by atoms with Crippen molar-refractivity contribution in [1.82, 2.24) is 10.2 Å². The highest BCUT2D eigenvalue weighted by Gasteiger charge is 2.40. The zero-order chi connectivity index (χ0) is 16.4.